The first-order valence-corrected chi connectivity index (χ1v) is 14.4. The van der Waals surface area contributed by atoms with Crippen LogP contribution in [0.4, 0.5) is 5.69 Å². The summed E-state index contributed by atoms with van der Waals surface area (Å²) in [6.45, 7) is 13.0. The van der Waals surface area contributed by atoms with E-state index in [1.807, 2.05) is 58.5 Å². The minimum absolute atomic E-state index is 0.215. The molecule has 7 nitrogen and oxygen atoms in total. The normalized spacial score (nSPS) is 16.2. The van der Waals surface area contributed by atoms with Gasteiger partial charge in [-0.2, -0.15) is 5.10 Å². The number of nitrogens with two attached hydrogens (primary N) is 2. The summed E-state index contributed by atoms with van der Waals surface area (Å²) in [4.78, 5) is 1.85. The fourth-order valence-corrected chi connectivity index (χ4v) is 5.01. The van der Waals surface area contributed by atoms with Crippen LogP contribution in [0.2, 0.25) is 13.6 Å². The Morgan fingerprint density at radius 2 is 1.73 bits per heavy atom. The molecule has 0 saturated carbocycles. The number of hydrogen-bond donors (Lipinski definition) is 3. The van der Waals surface area contributed by atoms with Crippen molar-refractivity contribution in [1.82, 2.24) is 19.2 Å². The number of piperidine rings is 1. The Balaban J connectivity index is 0.000000309. The van der Waals surface area contributed by atoms with Crippen LogP contribution in [-0.4, -0.2) is 52.0 Å². The summed E-state index contributed by atoms with van der Waals surface area (Å²) in [7, 11) is 5.85. The third-order valence-corrected chi connectivity index (χ3v) is 7.22. The third-order valence-electron chi connectivity index (χ3n) is 7.22. The molecule has 9 heteroatoms. The topological polar surface area (TPSA) is 98.3 Å². The number of aryl methyl sites for hydroxylation is 1. The van der Waals surface area contributed by atoms with E-state index in [4.69, 9.17) is 24.5 Å². The molecule has 0 atom stereocenters. The van der Waals surface area contributed by atoms with Gasteiger partial charge in [-0.3, -0.25) is 9.25 Å². The zero-order chi connectivity index (χ0) is 29.2. The SMILES string of the molecule is CB(C)c1ccccc1C.CC.[B]N1CCC(n2ccc(-n3ccc(N)c3/C=C(\N)C3=CCCC=C3O)n2)CC1. The maximum atomic E-state index is 10.1. The van der Waals surface area contributed by atoms with Crippen molar-refractivity contribution in [3.05, 3.63) is 89.2 Å². The van der Waals surface area contributed by atoms with Crippen molar-refractivity contribution in [1.29, 1.82) is 0 Å². The molecule has 2 aliphatic rings. The number of nitrogens with zero attached hydrogens (tertiary/aromatic N) is 4. The van der Waals surface area contributed by atoms with Crippen molar-refractivity contribution < 1.29 is 5.11 Å². The highest BCUT2D eigenvalue weighted by Gasteiger charge is 2.20. The van der Waals surface area contributed by atoms with E-state index in [0.29, 0.717) is 29.7 Å². The highest BCUT2D eigenvalue weighted by atomic mass is 16.3. The Morgan fingerprint density at radius 1 is 1.05 bits per heavy atom. The molecule has 1 aliphatic carbocycles. The highest BCUT2D eigenvalue weighted by Crippen LogP contribution is 2.27. The van der Waals surface area contributed by atoms with Crippen LogP contribution in [0.5, 0.6) is 0 Å². The molecule has 2 aromatic heterocycles. The molecule has 0 spiro atoms. The van der Waals surface area contributed by atoms with Crippen molar-refractivity contribution in [3.8, 4) is 5.82 Å². The van der Waals surface area contributed by atoms with Gasteiger partial charge in [0.05, 0.1) is 17.4 Å². The Bertz CT molecular complexity index is 1330. The summed E-state index contributed by atoms with van der Waals surface area (Å²) in [5.41, 5.74) is 17.8. The average molecular weight is 538 g/mol. The molecule has 2 radical (unpaired) electrons. The first kappa shape index (κ1) is 31.0. The van der Waals surface area contributed by atoms with E-state index in [0.717, 1.165) is 50.3 Å². The van der Waals surface area contributed by atoms with Gasteiger partial charge in [0.15, 0.2) is 20.5 Å². The molecule has 0 amide bonds. The van der Waals surface area contributed by atoms with E-state index in [-0.39, 0.29) is 5.76 Å². The van der Waals surface area contributed by atoms with Gasteiger partial charge in [-0.05, 0) is 63.9 Å². The van der Waals surface area contributed by atoms with Gasteiger partial charge < -0.3 is 21.4 Å². The van der Waals surface area contributed by atoms with Crippen LogP contribution in [0.25, 0.3) is 11.9 Å². The molecule has 1 saturated heterocycles. The zero-order valence-corrected chi connectivity index (χ0v) is 24.7. The Hall–Kier alpha value is -3.58. The molecule has 5 rings (SSSR count). The predicted molar refractivity (Wildman–Crippen MR) is 171 cm³/mol. The van der Waals surface area contributed by atoms with Crippen molar-refractivity contribution in [2.75, 3.05) is 18.8 Å². The number of allylic oxidation sites excluding steroid dienone is 2. The molecule has 210 valence electrons. The summed E-state index contributed by atoms with van der Waals surface area (Å²) >= 11 is 0. The first-order chi connectivity index (χ1) is 19.2. The van der Waals surface area contributed by atoms with Crippen LogP contribution in [0.1, 0.15) is 56.8 Å². The molecule has 1 aliphatic heterocycles. The second kappa shape index (κ2) is 14.7. The number of hydrogen-bond acceptors (Lipinski definition) is 5. The lowest BCUT2D eigenvalue weighted by Gasteiger charge is -2.29. The predicted octanol–water partition coefficient (Wildman–Crippen LogP) is 5.42. The third kappa shape index (κ3) is 7.75. The Kier molecular flexibility index (Phi) is 11.4. The van der Waals surface area contributed by atoms with Crippen LogP contribution in [-0.2, 0) is 0 Å². The van der Waals surface area contributed by atoms with Gasteiger partial charge in [-0.15, -0.1) is 0 Å². The first-order valence-electron chi connectivity index (χ1n) is 14.4. The Morgan fingerprint density at radius 3 is 2.35 bits per heavy atom. The number of aliphatic hydroxyl groups excluding tert-OH is 1. The monoisotopic (exact) mass is 538 g/mol. The van der Waals surface area contributed by atoms with Crippen LogP contribution in [0.15, 0.2) is 78.0 Å². The van der Waals surface area contributed by atoms with Crippen molar-refractivity contribution in [2.45, 2.75) is 66.1 Å². The molecule has 0 bridgehead atoms. The maximum Gasteiger partial charge on any atom is 0.182 e. The molecular weight excluding hydrogens is 494 g/mol. The van der Waals surface area contributed by atoms with Crippen LogP contribution >= 0.6 is 0 Å². The molecule has 40 heavy (non-hydrogen) atoms. The fraction of sp³-hybridized carbons (Fsp3) is 0.387. The van der Waals surface area contributed by atoms with Crippen LogP contribution < -0.4 is 16.9 Å². The average Bonchev–Trinajstić information content (AvgIpc) is 3.58. The maximum absolute atomic E-state index is 10.1. The summed E-state index contributed by atoms with van der Waals surface area (Å²) in [5, 5.41) is 14.9. The molecule has 3 aromatic rings. The fourth-order valence-electron chi connectivity index (χ4n) is 5.01. The number of aliphatic hydroxyl groups is 1. The van der Waals surface area contributed by atoms with Crippen LogP contribution in [0, 0.1) is 6.92 Å². The van der Waals surface area contributed by atoms with Gasteiger partial charge in [-0.25, -0.2) is 0 Å². The minimum atomic E-state index is 0.215. The van der Waals surface area contributed by atoms with Crippen LogP contribution in [0.3, 0.4) is 0 Å². The van der Waals surface area contributed by atoms with Gasteiger partial charge in [0.1, 0.15) is 5.76 Å². The molecule has 3 heterocycles. The van der Waals surface area contributed by atoms with E-state index >= 15 is 0 Å². The lowest BCUT2D eigenvalue weighted by atomic mass is 9.48. The lowest BCUT2D eigenvalue weighted by Crippen LogP contribution is -2.32. The number of rotatable bonds is 5. The summed E-state index contributed by atoms with van der Waals surface area (Å²) < 4.78 is 3.93. The standard InChI is InChI=1S/C20H25BN6O.C9H13B.C2H6/c21-25-9-5-14(6-10-25)27-12-8-20(24-27)26-11-7-16(22)18(26)13-17(23)15-3-1-2-4-19(15)28;1-8-6-4-5-7-9(8)10(2)3;1-2/h3-4,7-8,11-14,28H,1-2,5-6,9-10,22-23H2;4-7H,1-3H3;1-2H3/b17-13-;;. The second-order valence-electron chi connectivity index (χ2n) is 10.3. The molecule has 0 unspecified atom stereocenters. The summed E-state index contributed by atoms with van der Waals surface area (Å²) in [6.07, 6.45) is 13.0. The summed E-state index contributed by atoms with van der Waals surface area (Å²) in [6, 6.07) is 12.7. The lowest BCUT2D eigenvalue weighted by molar-refractivity contribution is 0.268. The quantitative estimate of drug-likeness (QED) is 0.377. The van der Waals surface area contributed by atoms with Gasteiger partial charge >= 0.3 is 0 Å². The van der Waals surface area contributed by atoms with Gasteiger partial charge in [-0.1, -0.05) is 68.9 Å². The van der Waals surface area contributed by atoms with Crippen molar-refractivity contribution in [2.24, 2.45) is 5.73 Å². The van der Waals surface area contributed by atoms with Gasteiger partial charge in [0.2, 0.25) is 0 Å². The molecule has 1 aromatic carbocycles. The van der Waals surface area contributed by atoms with Crippen molar-refractivity contribution in [3.63, 3.8) is 0 Å². The number of nitrogen functional groups attached to an aromatic ring is 1. The van der Waals surface area contributed by atoms with Crippen molar-refractivity contribution >= 4 is 31.9 Å². The number of benzene rings is 1. The van der Waals surface area contributed by atoms with E-state index in [2.05, 4.69) is 44.8 Å². The van der Waals surface area contributed by atoms with E-state index < -0.39 is 0 Å². The molecule has 1 fully saturated rings. The van der Waals surface area contributed by atoms with Gasteiger partial charge in [0, 0.05) is 29.7 Å². The molecular formula is C31H44B2N6O. The minimum Gasteiger partial charge on any atom is -0.508 e. The number of anilines is 1. The van der Waals surface area contributed by atoms with E-state index in [1.165, 1.54) is 11.0 Å². The summed E-state index contributed by atoms with van der Waals surface area (Å²) in [5.74, 6) is 0.996. The number of aromatic nitrogens is 3. The van der Waals surface area contributed by atoms with E-state index in [1.54, 1.807) is 12.2 Å². The highest BCUT2D eigenvalue weighted by molar-refractivity contribution is 6.71. The Labute approximate surface area is 241 Å². The van der Waals surface area contributed by atoms with E-state index in [9.17, 15) is 5.11 Å². The zero-order valence-electron chi connectivity index (χ0n) is 24.7. The second-order valence-corrected chi connectivity index (χ2v) is 10.3. The molecule has 5 N–H and O–H groups in total. The largest absolute Gasteiger partial charge is 0.508 e. The van der Waals surface area contributed by atoms with Gasteiger partial charge in [0.25, 0.3) is 0 Å². The smallest absolute Gasteiger partial charge is 0.182 e.